The molecule has 2 N–H and O–H groups in total. The second-order valence-electron chi connectivity index (χ2n) is 5.08. The zero-order chi connectivity index (χ0) is 18.4. The highest BCUT2D eigenvalue weighted by atomic mass is 32.2. The van der Waals surface area contributed by atoms with E-state index in [1.54, 1.807) is 0 Å². The van der Waals surface area contributed by atoms with E-state index in [2.05, 4.69) is 25.6 Å². The molecule has 1 aromatic carbocycles. The first-order valence-electron chi connectivity index (χ1n) is 7.10. The van der Waals surface area contributed by atoms with Gasteiger partial charge < -0.3 is 15.4 Å². The van der Waals surface area contributed by atoms with Gasteiger partial charge in [-0.3, -0.25) is 4.79 Å². The molecule has 1 heterocycles. The summed E-state index contributed by atoms with van der Waals surface area (Å²) in [5.41, 5.74) is 0.541. The summed E-state index contributed by atoms with van der Waals surface area (Å²) in [6.07, 6.45) is -4.72. The fraction of sp³-hybridized carbons (Fsp3) is 0.357. The van der Waals surface area contributed by atoms with Gasteiger partial charge in [0.05, 0.1) is 5.75 Å². The van der Waals surface area contributed by atoms with E-state index in [1.165, 1.54) is 47.4 Å². The fourth-order valence-electron chi connectivity index (χ4n) is 1.67. The summed E-state index contributed by atoms with van der Waals surface area (Å²) in [5.74, 6) is -0.163. The molecule has 0 saturated heterocycles. The lowest BCUT2D eigenvalue weighted by Gasteiger charge is -2.09. The first-order valence-corrected chi connectivity index (χ1v) is 8.90. The van der Waals surface area contributed by atoms with Crippen molar-refractivity contribution >= 4 is 39.8 Å². The van der Waals surface area contributed by atoms with Crippen molar-refractivity contribution in [3.8, 4) is 5.75 Å². The number of rotatable bonds is 7. The maximum Gasteiger partial charge on any atom is 0.573 e. The number of alkyl halides is 3. The zero-order valence-corrected chi connectivity index (χ0v) is 14.9. The first-order chi connectivity index (χ1) is 11.7. The Labute approximate surface area is 150 Å². The van der Waals surface area contributed by atoms with Crippen molar-refractivity contribution < 1.29 is 22.7 Å². The monoisotopic (exact) mass is 392 g/mol. The van der Waals surface area contributed by atoms with Gasteiger partial charge in [0, 0.05) is 11.7 Å². The lowest BCUT2D eigenvalue weighted by Crippen LogP contribution is -2.31. The number of nitrogens with one attached hydrogen (secondary N) is 2. The minimum atomic E-state index is -4.72. The van der Waals surface area contributed by atoms with Gasteiger partial charge in [-0.25, -0.2) is 0 Å². The number of amides is 1. The zero-order valence-electron chi connectivity index (χ0n) is 13.3. The van der Waals surface area contributed by atoms with Crippen LogP contribution in [-0.4, -0.2) is 34.3 Å². The van der Waals surface area contributed by atoms with Crippen molar-refractivity contribution in [2.24, 2.45) is 0 Å². The normalized spacial score (nSPS) is 11.4. The summed E-state index contributed by atoms with van der Waals surface area (Å²) < 4.78 is 40.7. The van der Waals surface area contributed by atoms with E-state index in [4.69, 9.17) is 0 Å². The molecule has 0 spiro atoms. The minimum absolute atomic E-state index is 0.0732. The van der Waals surface area contributed by atoms with Crippen molar-refractivity contribution in [3.05, 3.63) is 24.3 Å². The number of hydrogen-bond donors (Lipinski definition) is 2. The van der Waals surface area contributed by atoms with Crippen LogP contribution in [-0.2, 0) is 4.79 Å². The summed E-state index contributed by atoms with van der Waals surface area (Å²) in [4.78, 5) is 11.6. The van der Waals surface area contributed by atoms with Gasteiger partial charge in [0.1, 0.15) is 5.75 Å². The number of benzene rings is 1. The largest absolute Gasteiger partial charge is 0.573 e. The quantitative estimate of drug-likeness (QED) is 0.698. The molecule has 2 rings (SSSR count). The minimum Gasteiger partial charge on any atom is -0.406 e. The molecule has 0 saturated carbocycles. The number of carbonyl (C=O) groups excluding carboxylic acids is 1. The smallest absolute Gasteiger partial charge is 0.406 e. The molecule has 0 fully saturated rings. The summed E-state index contributed by atoms with van der Waals surface area (Å²) in [5, 5.41) is 14.0. The maximum absolute atomic E-state index is 12.1. The van der Waals surface area contributed by atoms with Gasteiger partial charge in [0.15, 0.2) is 4.34 Å². The lowest BCUT2D eigenvalue weighted by molar-refractivity contribution is -0.274. The van der Waals surface area contributed by atoms with Gasteiger partial charge in [0.2, 0.25) is 11.0 Å². The van der Waals surface area contributed by atoms with E-state index < -0.39 is 6.36 Å². The average molecular weight is 392 g/mol. The molecule has 6 nitrogen and oxygen atoms in total. The van der Waals surface area contributed by atoms with Crippen LogP contribution < -0.4 is 15.4 Å². The third kappa shape index (κ3) is 7.18. The average Bonchev–Trinajstić information content (AvgIpc) is 2.93. The van der Waals surface area contributed by atoms with E-state index in [9.17, 15) is 18.0 Å². The molecule has 0 radical (unpaired) electrons. The molecule has 0 aliphatic heterocycles. The molecule has 1 aromatic heterocycles. The number of anilines is 2. The standard InChI is InChI=1S/C14H15F3N4O2S2/c1-8(2)18-11(22)7-24-13-21-20-12(25-13)19-9-3-5-10(6-4-9)23-14(15,16)17/h3-6,8H,7H2,1-2H3,(H,18,22)(H,19,20). The van der Waals surface area contributed by atoms with Gasteiger partial charge in [-0.1, -0.05) is 23.1 Å². The molecule has 136 valence electrons. The van der Waals surface area contributed by atoms with Crippen LogP contribution in [0.3, 0.4) is 0 Å². The molecule has 0 unspecified atom stereocenters. The molecular formula is C14H15F3N4O2S2. The van der Waals surface area contributed by atoms with E-state index in [0.29, 0.717) is 15.2 Å². The van der Waals surface area contributed by atoms with Crippen LogP contribution in [0.1, 0.15) is 13.8 Å². The van der Waals surface area contributed by atoms with Gasteiger partial charge in [-0.05, 0) is 38.1 Å². The molecule has 25 heavy (non-hydrogen) atoms. The Morgan fingerprint density at radius 1 is 1.28 bits per heavy atom. The van der Waals surface area contributed by atoms with E-state index >= 15 is 0 Å². The second kappa shape index (κ2) is 8.39. The van der Waals surface area contributed by atoms with Crippen LogP contribution in [0.15, 0.2) is 28.6 Å². The number of nitrogens with zero attached hydrogens (tertiary/aromatic N) is 2. The van der Waals surface area contributed by atoms with Crippen LogP contribution in [0.4, 0.5) is 24.0 Å². The Morgan fingerprint density at radius 2 is 1.96 bits per heavy atom. The SMILES string of the molecule is CC(C)NC(=O)CSc1nnc(Nc2ccc(OC(F)(F)F)cc2)s1. The van der Waals surface area contributed by atoms with Crippen molar-refractivity contribution in [3.63, 3.8) is 0 Å². The van der Waals surface area contributed by atoms with Crippen molar-refractivity contribution in [2.45, 2.75) is 30.6 Å². The Kier molecular flexibility index (Phi) is 6.48. The lowest BCUT2D eigenvalue weighted by atomic mass is 10.3. The van der Waals surface area contributed by atoms with Crippen LogP contribution >= 0.6 is 23.1 Å². The van der Waals surface area contributed by atoms with Gasteiger partial charge in [-0.15, -0.1) is 23.4 Å². The predicted octanol–water partition coefficient (Wildman–Crippen LogP) is 3.80. The predicted molar refractivity (Wildman–Crippen MR) is 90.3 cm³/mol. The highest BCUT2D eigenvalue weighted by molar-refractivity contribution is 8.01. The van der Waals surface area contributed by atoms with Crippen molar-refractivity contribution in [2.75, 3.05) is 11.1 Å². The number of carbonyl (C=O) groups is 1. The summed E-state index contributed by atoms with van der Waals surface area (Å²) >= 11 is 2.50. The van der Waals surface area contributed by atoms with Crippen LogP contribution in [0.25, 0.3) is 0 Å². The van der Waals surface area contributed by atoms with Crippen LogP contribution in [0.5, 0.6) is 5.75 Å². The molecule has 0 atom stereocenters. The Hall–Kier alpha value is -2.01. The number of aromatic nitrogens is 2. The van der Waals surface area contributed by atoms with Crippen LogP contribution in [0, 0.1) is 0 Å². The summed E-state index contributed by atoms with van der Waals surface area (Å²) in [6.45, 7) is 3.75. The second-order valence-corrected chi connectivity index (χ2v) is 7.28. The highest BCUT2D eigenvalue weighted by Gasteiger charge is 2.30. The van der Waals surface area contributed by atoms with Crippen molar-refractivity contribution in [1.29, 1.82) is 0 Å². The van der Waals surface area contributed by atoms with Crippen LogP contribution in [0.2, 0.25) is 0 Å². The first kappa shape index (κ1) is 19.3. The third-order valence-corrected chi connectivity index (χ3v) is 4.49. The number of hydrogen-bond acceptors (Lipinski definition) is 7. The summed E-state index contributed by atoms with van der Waals surface area (Å²) in [7, 11) is 0. The number of thioether (sulfide) groups is 1. The fourth-order valence-corrected chi connectivity index (χ4v) is 3.26. The Balaban J connectivity index is 1.87. The number of ether oxygens (including phenoxy) is 1. The maximum atomic E-state index is 12.1. The molecule has 0 bridgehead atoms. The van der Waals surface area contributed by atoms with Gasteiger partial charge in [-0.2, -0.15) is 0 Å². The molecule has 0 aliphatic rings. The van der Waals surface area contributed by atoms with Gasteiger partial charge in [0.25, 0.3) is 0 Å². The third-order valence-electron chi connectivity index (χ3n) is 2.52. The van der Waals surface area contributed by atoms with E-state index in [-0.39, 0.29) is 23.5 Å². The summed E-state index contributed by atoms with van der Waals surface area (Å²) in [6, 6.07) is 5.34. The van der Waals surface area contributed by atoms with Crippen molar-refractivity contribution in [1.82, 2.24) is 15.5 Å². The van der Waals surface area contributed by atoms with E-state index in [1.807, 2.05) is 13.8 Å². The topological polar surface area (TPSA) is 76.1 Å². The Morgan fingerprint density at radius 3 is 2.56 bits per heavy atom. The molecule has 1 amide bonds. The molecule has 0 aliphatic carbocycles. The number of halogens is 3. The van der Waals surface area contributed by atoms with Gasteiger partial charge >= 0.3 is 6.36 Å². The molecular weight excluding hydrogens is 377 g/mol. The highest BCUT2D eigenvalue weighted by Crippen LogP contribution is 2.29. The van der Waals surface area contributed by atoms with E-state index in [0.717, 1.165) is 0 Å². The Bertz CT molecular complexity index is 705. The molecule has 11 heteroatoms. The molecule has 2 aromatic rings.